The van der Waals surface area contributed by atoms with Crippen LogP contribution >= 0.6 is 0 Å². The second kappa shape index (κ2) is 13.2. The monoisotopic (exact) mass is 432 g/mol. The van der Waals surface area contributed by atoms with E-state index in [0.717, 1.165) is 47.8 Å². The molecule has 0 unspecified atom stereocenters. The molecular weight excluding hydrogens is 400 g/mol. The number of hydrogen-bond donors (Lipinski definition) is 0. The highest BCUT2D eigenvalue weighted by atomic mass is 16.4. The molecule has 0 N–H and O–H groups in total. The molecule has 0 amide bonds. The molecule has 6 heteroatoms. The number of oxazole rings is 2. The zero-order valence-electron chi connectivity index (χ0n) is 19.0. The van der Waals surface area contributed by atoms with Crippen LogP contribution in [0.25, 0.3) is 22.8 Å². The van der Waals surface area contributed by atoms with E-state index in [-0.39, 0.29) is 0 Å². The van der Waals surface area contributed by atoms with Crippen molar-refractivity contribution in [2.24, 2.45) is 0 Å². The lowest BCUT2D eigenvalue weighted by Crippen LogP contribution is -1.83. The van der Waals surface area contributed by atoms with Crippen LogP contribution in [0, 0.1) is 0 Å². The van der Waals surface area contributed by atoms with Crippen LogP contribution in [0.15, 0.2) is 70.3 Å². The van der Waals surface area contributed by atoms with Crippen LogP contribution in [-0.4, -0.2) is 19.9 Å². The number of hydrogen-bond acceptors (Lipinski definition) is 6. The summed E-state index contributed by atoms with van der Waals surface area (Å²) >= 11 is 0. The highest BCUT2D eigenvalue weighted by molar-refractivity contribution is 5.55. The predicted octanol–water partition coefficient (Wildman–Crippen LogP) is 6.94. The molecule has 32 heavy (non-hydrogen) atoms. The van der Waals surface area contributed by atoms with Crippen molar-refractivity contribution in [2.75, 3.05) is 0 Å². The van der Waals surface area contributed by atoms with Gasteiger partial charge >= 0.3 is 0 Å². The Kier molecular flexibility index (Phi) is 9.65. The third-order valence-corrected chi connectivity index (χ3v) is 5.02. The number of unbranched alkanes of at least 4 members (excludes halogenated alkanes) is 4. The molecule has 0 atom stereocenters. The van der Waals surface area contributed by atoms with E-state index in [1.807, 2.05) is 30.5 Å². The molecule has 0 saturated heterocycles. The van der Waals surface area contributed by atoms with Gasteiger partial charge in [-0.15, -0.1) is 0 Å². The Morgan fingerprint density at radius 3 is 1.94 bits per heavy atom. The third kappa shape index (κ3) is 7.45. The lowest BCUT2D eigenvalue weighted by Gasteiger charge is -1.95. The van der Waals surface area contributed by atoms with E-state index in [9.17, 15) is 0 Å². The van der Waals surface area contributed by atoms with Gasteiger partial charge < -0.3 is 8.83 Å². The van der Waals surface area contributed by atoms with Gasteiger partial charge in [0.1, 0.15) is 5.76 Å². The minimum Gasteiger partial charge on any atom is -0.441 e. The zero-order chi connectivity index (χ0) is 22.4. The van der Waals surface area contributed by atoms with Crippen molar-refractivity contribution in [1.82, 2.24) is 19.9 Å². The lowest BCUT2D eigenvalue weighted by molar-refractivity contribution is 0.492. The van der Waals surface area contributed by atoms with Gasteiger partial charge in [-0.25, -0.2) is 9.97 Å². The van der Waals surface area contributed by atoms with Gasteiger partial charge in [-0.3, -0.25) is 9.97 Å². The summed E-state index contributed by atoms with van der Waals surface area (Å²) in [5.41, 5.74) is 2.01. The van der Waals surface area contributed by atoms with E-state index in [0.29, 0.717) is 5.89 Å². The molecule has 4 aromatic heterocycles. The summed E-state index contributed by atoms with van der Waals surface area (Å²) in [6, 6.07) is 7.66. The van der Waals surface area contributed by atoms with Gasteiger partial charge in [-0.1, -0.05) is 39.5 Å². The van der Waals surface area contributed by atoms with Crippen LogP contribution in [0.2, 0.25) is 0 Å². The maximum Gasteiger partial charge on any atom is 0.226 e. The smallest absolute Gasteiger partial charge is 0.226 e. The number of nitrogens with zero attached hydrogens (tertiary/aromatic N) is 4. The Balaban J connectivity index is 0.000000181. The van der Waals surface area contributed by atoms with E-state index in [1.165, 1.54) is 32.1 Å². The highest BCUT2D eigenvalue weighted by Gasteiger charge is 2.06. The van der Waals surface area contributed by atoms with Crippen molar-refractivity contribution < 1.29 is 8.83 Å². The van der Waals surface area contributed by atoms with Crippen LogP contribution in [0.4, 0.5) is 0 Å². The summed E-state index contributed by atoms with van der Waals surface area (Å²) in [5.74, 6) is 3.32. The fraction of sp³-hybridized carbons (Fsp3) is 0.385. The quantitative estimate of drug-likeness (QED) is 0.253. The summed E-state index contributed by atoms with van der Waals surface area (Å²) in [6.45, 7) is 4.39. The Morgan fingerprint density at radius 2 is 1.28 bits per heavy atom. The molecule has 4 heterocycles. The number of rotatable bonds is 10. The molecule has 0 aliphatic rings. The first kappa shape index (κ1) is 23.4. The summed E-state index contributed by atoms with van der Waals surface area (Å²) in [4.78, 5) is 16.5. The average molecular weight is 433 g/mol. The molecule has 168 valence electrons. The first-order chi connectivity index (χ1) is 15.8. The Morgan fingerprint density at radius 1 is 0.656 bits per heavy atom. The van der Waals surface area contributed by atoms with Crippen molar-refractivity contribution in [3.8, 4) is 22.8 Å². The maximum absolute atomic E-state index is 5.68. The van der Waals surface area contributed by atoms with Crippen LogP contribution in [-0.2, 0) is 12.8 Å². The predicted molar refractivity (Wildman–Crippen MR) is 126 cm³/mol. The zero-order valence-corrected chi connectivity index (χ0v) is 19.0. The van der Waals surface area contributed by atoms with E-state index in [2.05, 4.69) is 33.8 Å². The van der Waals surface area contributed by atoms with Crippen LogP contribution in [0.1, 0.15) is 64.0 Å². The Hall–Kier alpha value is -3.28. The molecule has 0 spiro atoms. The van der Waals surface area contributed by atoms with Gasteiger partial charge in [-0.05, 0) is 37.1 Å². The average Bonchev–Trinajstić information content (AvgIpc) is 3.51. The van der Waals surface area contributed by atoms with Crippen LogP contribution < -0.4 is 0 Å². The van der Waals surface area contributed by atoms with E-state index < -0.39 is 0 Å². The molecule has 4 aromatic rings. The van der Waals surface area contributed by atoms with Gasteiger partial charge in [0.05, 0.1) is 12.4 Å². The van der Waals surface area contributed by atoms with Gasteiger partial charge in [0.25, 0.3) is 0 Å². The Labute approximate surface area is 190 Å². The molecular formula is C26H32N4O2. The maximum atomic E-state index is 5.68. The summed E-state index contributed by atoms with van der Waals surface area (Å²) in [6.07, 6.45) is 19.8. The normalized spacial score (nSPS) is 10.6. The molecule has 0 aliphatic carbocycles. The lowest BCUT2D eigenvalue weighted by atomic mass is 10.2. The van der Waals surface area contributed by atoms with Crippen LogP contribution in [0.3, 0.4) is 0 Å². The fourth-order valence-electron chi connectivity index (χ4n) is 3.20. The minimum atomic E-state index is 0.689. The number of pyridine rings is 2. The topological polar surface area (TPSA) is 77.8 Å². The van der Waals surface area contributed by atoms with E-state index >= 15 is 0 Å². The van der Waals surface area contributed by atoms with Gasteiger partial charge in [0.15, 0.2) is 11.7 Å². The van der Waals surface area contributed by atoms with Gasteiger partial charge in [0.2, 0.25) is 5.89 Å². The van der Waals surface area contributed by atoms with Crippen LogP contribution in [0.5, 0.6) is 0 Å². The van der Waals surface area contributed by atoms with Gasteiger partial charge in [-0.2, -0.15) is 0 Å². The molecule has 0 aromatic carbocycles. The number of aryl methyl sites for hydroxylation is 2. The SMILES string of the molecule is CCCCCc1cnc(-c2ccncc2)o1.CCCCCc1ncc(-c2ccncc2)o1. The van der Waals surface area contributed by atoms with Crippen molar-refractivity contribution in [3.63, 3.8) is 0 Å². The third-order valence-electron chi connectivity index (χ3n) is 5.02. The molecule has 6 nitrogen and oxygen atoms in total. The molecule has 0 bridgehead atoms. The minimum absolute atomic E-state index is 0.689. The van der Waals surface area contributed by atoms with Gasteiger partial charge in [0, 0.05) is 48.8 Å². The van der Waals surface area contributed by atoms with Crippen molar-refractivity contribution in [3.05, 3.63) is 73.1 Å². The molecule has 4 rings (SSSR count). The fourth-order valence-corrected chi connectivity index (χ4v) is 3.20. The van der Waals surface area contributed by atoms with Crippen molar-refractivity contribution in [1.29, 1.82) is 0 Å². The first-order valence-corrected chi connectivity index (χ1v) is 11.5. The first-order valence-electron chi connectivity index (χ1n) is 11.5. The van der Waals surface area contributed by atoms with E-state index in [4.69, 9.17) is 8.83 Å². The summed E-state index contributed by atoms with van der Waals surface area (Å²) in [7, 11) is 0. The van der Waals surface area contributed by atoms with E-state index in [1.54, 1.807) is 31.0 Å². The van der Waals surface area contributed by atoms with Crippen molar-refractivity contribution >= 4 is 0 Å². The summed E-state index contributed by atoms with van der Waals surface area (Å²) in [5, 5.41) is 0. The second-order valence-electron chi connectivity index (χ2n) is 7.64. The highest BCUT2D eigenvalue weighted by Crippen LogP contribution is 2.20. The Bertz CT molecular complexity index is 929. The largest absolute Gasteiger partial charge is 0.441 e. The molecule has 0 aliphatic heterocycles. The molecule has 0 fully saturated rings. The standard InChI is InChI=1S/2C13H16N2O/c1-2-3-4-5-13-15-10-12(16-13)11-6-8-14-9-7-11;1-2-3-4-5-12-10-15-13(16-12)11-6-8-14-9-7-11/h2*6-10H,2-5H2,1H3. The van der Waals surface area contributed by atoms with Crippen molar-refractivity contribution in [2.45, 2.75) is 65.2 Å². The second-order valence-corrected chi connectivity index (χ2v) is 7.64. The summed E-state index contributed by atoms with van der Waals surface area (Å²) < 4.78 is 11.4. The number of aromatic nitrogens is 4. The molecule has 0 radical (unpaired) electrons. The molecule has 0 saturated carbocycles.